The average Bonchev–Trinajstić information content (AvgIpc) is 3.17. The maximum Gasteiger partial charge on any atom is 0.387 e. The molecule has 2 N–H and O–H groups in total. The molecule has 2 saturated carbocycles. The molecule has 3 rings (SSSR count). The Morgan fingerprint density at radius 3 is 2.59 bits per heavy atom. The van der Waals surface area contributed by atoms with Gasteiger partial charge < -0.3 is 20.1 Å². The molecule has 8 heteroatoms. The Hall–Kier alpha value is -1.60. The van der Waals surface area contributed by atoms with Crippen LogP contribution in [0.4, 0.5) is 8.78 Å². The number of fused-ring (bicyclic) bond motifs is 2. The molecule has 0 saturated heterocycles. The van der Waals surface area contributed by atoms with Gasteiger partial charge in [-0.2, -0.15) is 8.78 Å². The fourth-order valence-corrected chi connectivity index (χ4v) is 4.42. The van der Waals surface area contributed by atoms with E-state index in [0.717, 1.165) is 24.8 Å². The SMILES string of the molecule is CCOc1cc(CN(C)C(=O)C2C3CCC(C3)C2N)ccc1OC(F)F.Cl. The molecule has 1 amide bonds. The van der Waals surface area contributed by atoms with Crippen LogP contribution in [-0.2, 0) is 11.3 Å². The molecule has 5 nitrogen and oxygen atoms in total. The first-order valence-electron chi connectivity index (χ1n) is 9.11. The lowest BCUT2D eigenvalue weighted by Crippen LogP contribution is -2.45. The van der Waals surface area contributed by atoms with Crippen LogP contribution in [-0.4, -0.2) is 37.1 Å². The number of ether oxygens (including phenoxy) is 2. The zero-order valence-corrected chi connectivity index (χ0v) is 16.4. The molecule has 4 unspecified atom stereocenters. The van der Waals surface area contributed by atoms with E-state index in [1.54, 1.807) is 31.0 Å². The Labute approximate surface area is 164 Å². The summed E-state index contributed by atoms with van der Waals surface area (Å²) in [5.74, 6) is 1.07. The van der Waals surface area contributed by atoms with Crippen molar-refractivity contribution in [3.05, 3.63) is 23.8 Å². The van der Waals surface area contributed by atoms with Gasteiger partial charge in [-0.25, -0.2) is 0 Å². The molecule has 2 aliphatic rings. The molecule has 0 aliphatic heterocycles. The monoisotopic (exact) mass is 404 g/mol. The summed E-state index contributed by atoms with van der Waals surface area (Å²) in [6, 6.07) is 4.72. The zero-order valence-electron chi connectivity index (χ0n) is 15.6. The van der Waals surface area contributed by atoms with Crippen molar-refractivity contribution in [3.63, 3.8) is 0 Å². The van der Waals surface area contributed by atoms with E-state index in [0.29, 0.717) is 25.0 Å². The van der Waals surface area contributed by atoms with Crippen LogP contribution in [0.25, 0.3) is 0 Å². The Bertz CT molecular complexity index is 660. The number of hydrogen-bond donors (Lipinski definition) is 1. The molecular formula is C19H27ClF2N2O3. The van der Waals surface area contributed by atoms with Crippen LogP contribution >= 0.6 is 12.4 Å². The number of nitrogens with two attached hydrogens (primary N) is 1. The maximum atomic E-state index is 12.9. The molecule has 0 radical (unpaired) electrons. The van der Waals surface area contributed by atoms with E-state index in [9.17, 15) is 13.6 Å². The molecule has 4 atom stereocenters. The van der Waals surface area contributed by atoms with E-state index < -0.39 is 6.61 Å². The zero-order chi connectivity index (χ0) is 18.8. The number of carbonyl (C=O) groups is 1. The molecule has 2 bridgehead atoms. The van der Waals surface area contributed by atoms with Gasteiger partial charge >= 0.3 is 6.61 Å². The molecule has 2 aliphatic carbocycles. The number of nitrogens with zero attached hydrogens (tertiary/aromatic N) is 1. The van der Waals surface area contributed by atoms with Crippen LogP contribution < -0.4 is 15.2 Å². The summed E-state index contributed by atoms with van der Waals surface area (Å²) in [6.07, 6.45) is 3.26. The number of carbonyl (C=O) groups excluding carboxylic acids is 1. The summed E-state index contributed by atoms with van der Waals surface area (Å²) < 4.78 is 34.9. The normalized spacial score (nSPS) is 26.0. The van der Waals surface area contributed by atoms with Gasteiger partial charge in [0.15, 0.2) is 11.5 Å². The van der Waals surface area contributed by atoms with Crippen LogP contribution in [0.2, 0.25) is 0 Å². The minimum absolute atomic E-state index is 0. The standard InChI is InChI=1S/C19H26F2N2O3.ClH/c1-3-25-15-8-11(4-7-14(15)26-19(20)21)10-23(2)18(24)16-12-5-6-13(9-12)17(16)22;/h4,7-8,12-13,16-17,19H,3,5-6,9-10,22H2,1-2H3;1H. The number of rotatable bonds is 7. The van der Waals surface area contributed by atoms with Crippen molar-refractivity contribution in [3.8, 4) is 11.5 Å². The summed E-state index contributed by atoms with van der Waals surface area (Å²) in [4.78, 5) is 14.5. The van der Waals surface area contributed by atoms with Crippen molar-refractivity contribution in [2.45, 2.75) is 45.4 Å². The summed E-state index contributed by atoms with van der Waals surface area (Å²) in [7, 11) is 1.75. The number of alkyl halides is 2. The summed E-state index contributed by atoms with van der Waals surface area (Å²) in [5, 5.41) is 0. The van der Waals surface area contributed by atoms with Gasteiger partial charge in [0.1, 0.15) is 0 Å². The molecule has 2 fully saturated rings. The number of halogens is 3. The molecule has 152 valence electrons. The Morgan fingerprint density at radius 1 is 1.30 bits per heavy atom. The quantitative estimate of drug-likeness (QED) is 0.756. The first kappa shape index (κ1) is 21.7. The molecule has 1 aromatic carbocycles. The van der Waals surface area contributed by atoms with Gasteiger partial charge in [0.05, 0.1) is 12.5 Å². The molecule has 1 aromatic rings. The highest BCUT2D eigenvalue weighted by atomic mass is 35.5. The van der Waals surface area contributed by atoms with E-state index >= 15 is 0 Å². The fraction of sp³-hybridized carbons (Fsp3) is 0.632. The van der Waals surface area contributed by atoms with Gasteiger partial charge in [-0.05, 0) is 55.7 Å². The lowest BCUT2D eigenvalue weighted by Gasteiger charge is -2.31. The summed E-state index contributed by atoms with van der Waals surface area (Å²) in [6.45, 7) is -0.444. The second-order valence-corrected chi connectivity index (χ2v) is 7.22. The number of hydrogen-bond acceptors (Lipinski definition) is 4. The second-order valence-electron chi connectivity index (χ2n) is 7.22. The number of benzene rings is 1. The van der Waals surface area contributed by atoms with Crippen LogP contribution in [0.15, 0.2) is 18.2 Å². The summed E-state index contributed by atoms with van der Waals surface area (Å²) >= 11 is 0. The Balaban J connectivity index is 0.00000261. The predicted octanol–water partition coefficient (Wildman–Crippen LogP) is 3.44. The van der Waals surface area contributed by atoms with Crippen LogP contribution in [0.5, 0.6) is 11.5 Å². The minimum atomic E-state index is -2.91. The first-order valence-corrected chi connectivity index (χ1v) is 9.11. The van der Waals surface area contributed by atoms with E-state index in [1.165, 1.54) is 6.07 Å². The average molecular weight is 405 g/mol. The predicted molar refractivity (Wildman–Crippen MR) is 100 cm³/mol. The Kier molecular flexibility index (Phi) is 7.28. The van der Waals surface area contributed by atoms with Gasteiger partial charge in [0.25, 0.3) is 0 Å². The molecule has 0 aromatic heterocycles. The molecule has 27 heavy (non-hydrogen) atoms. The van der Waals surface area contributed by atoms with E-state index in [4.69, 9.17) is 10.5 Å². The van der Waals surface area contributed by atoms with Crippen LogP contribution in [0, 0.1) is 17.8 Å². The molecule has 0 spiro atoms. The molecular weight excluding hydrogens is 378 g/mol. The van der Waals surface area contributed by atoms with Gasteiger partial charge in [0, 0.05) is 19.6 Å². The van der Waals surface area contributed by atoms with Crippen LogP contribution in [0.1, 0.15) is 31.7 Å². The van der Waals surface area contributed by atoms with E-state index in [2.05, 4.69) is 4.74 Å². The third kappa shape index (κ3) is 4.63. The van der Waals surface area contributed by atoms with Crippen molar-refractivity contribution in [1.29, 1.82) is 0 Å². The van der Waals surface area contributed by atoms with Crippen molar-refractivity contribution >= 4 is 18.3 Å². The highest BCUT2D eigenvalue weighted by Gasteiger charge is 2.49. The van der Waals surface area contributed by atoms with Crippen molar-refractivity contribution < 1.29 is 23.0 Å². The number of amides is 1. The van der Waals surface area contributed by atoms with Gasteiger partial charge in [-0.3, -0.25) is 4.79 Å². The van der Waals surface area contributed by atoms with E-state index in [1.807, 2.05) is 0 Å². The maximum absolute atomic E-state index is 12.9. The lowest BCUT2D eigenvalue weighted by atomic mass is 9.84. The minimum Gasteiger partial charge on any atom is -0.490 e. The second kappa shape index (κ2) is 9.06. The highest BCUT2D eigenvalue weighted by molar-refractivity contribution is 5.85. The Morgan fingerprint density at radius 2 is 2.00 bits per heavy atom. The van der Waals surface area contributed by atoms with Crippen LogP contribution in [0.3, 0.4) is 0 Å². The van der Waals surface area contributed by atoms with Crippen molar-refractivity contribution in [1.82, 2.24) is 4.90 Å². The molecule has 0 heterocycles. The van der Waals surface area contributed by atoms with Crippen molar-refractivity contribution in [2.24, 2.45) is 23.5 Å². The van der Waals surface area contributed by atoms with E-state index in [-0.39, 0.29) is 41.8 Å². The van der Waals surface area contributed by atoms with Gasteiger partial charge in [0.2, 0.25) is 5.91 Å². The third-order valence-corrected chi connectivity index (χ3v) is 5.59. The van der Waals surface area contributed by atoms with Gasteiger partial charge in [-0.15, -0.1) is 12.4 Å². The fourth-order valence-electron chi connectivity index (χ4n) is 4.42. The summed E-state index contributed by atoms with van der Waals surface area (Å²) in [5.41, 5.74) is 7.07. The lowest BCUT2D eigenvalue weighted by molar-refractivity contribution is -0.137. The largest absolute Gasteiger partial charge is 0.490 e. The third-order valence-electron chi connectivity index (χ3n) is 5.59. The smallest absolute Gasteiger partial charge is 0.387 e. The van der Waals surface area contributed by atoms with Crippen molar-refractivity contribution in [2.75, 3.05) is 13.7 Å². The highest BCUT2D eigenvalue weighted by Crippen LogP contribution is 2.48. The topological polar surface area (TPSA) is 64.8 Å². The van der Waals surface area contributed by atoms with Gasteiger partial charge in [-0.1, -0.05) is 6.07 Å². The first-order chi connectivity index (χ1) is 12.4.